The predicted octanol–water partition coefficient (Wildman–Crippen LogP) is -0.392. The summed E-state index contributed by atoms with van der Waals surface area (Å²) in [6.07, 6.45) is 0. The molecule has 0 spiro atoms. The Hall–Kier alpha value is -2.47. The number of rotatable bonds is 11. The smallest absolute Gasteiger partial charge is 0.352 e. The Labute approximate surface area is 209 Å². The van der Waals surface area contributed by atoms with Gasteiger partial charge in [0.1, 0.15) is 36.0 Å². The Kier molecular flexibility index (Phi) is 8.69. The van der Waals surface area contributed by atoms with Gasteiger partial charge in [-0.1, -0.05) is 26.7 Å². The van der Waals surface area contributed by atoms with E-state index < -0.39 is 41.2 Å². The van der Waals surface area contributed by atoms with Gasteiger partial charge in [-0.05, 0) is 5.57 Å². The highest BCUT2D eigenvalue weighted by molar-refractivity contribution is 8.76. The molecule has 2 aliphatic heterocycles. The van der Waals surface area contributed by atoms with Crippen LogP contribution in [-0.4, -0.2) is 91.4 Å². The van der Waals surface area contributed by atoms with Crippen LogP contribution in [0.2, 0.25) is 0 Å². The van der Waals surface area contributed by atoms with Gasteiger partial charge < -0.3 is 31.8 Å². The van der Waals surface area contributed by atoms with Crippen LogP contribution in [0.1, 0.15) is 5.69 Å². The first-order chi connectivity index (χ1) is 16.1. The first-order valence-electron chi connectivity index (χ1n) is 9.41. The number of aliphatic carboxylic acids is 2. The number of carboxylic acid groups (broad SMARTS) is 2. The molecule has 1 aromatic rings. The highest BCUT2D eigenvalue weighted by atomic mass is 33.1. The number of β-lactam (4-membered cyclic amide) rings is 1. The van der Waals surface area contributed by atoms with Crippen LogP contribution in [0.25, 0.3) is 0 Å². The Morgan fingerprint density at radius 3 is 2.74 bits per heavy atom. The molecular weight excluding hydrogens is 528 g/mol. The first-order valence-corrected chi connectivity index (χ1v) is 13.8. The number of anilines is 1. The Morgan fingerprint density at radius 1 is 1.41 bits per heavy atom. The van der Waals surface area contributed by atoms with Crippen molar-refractivity contribution in [1.29, 1.82) is 0 Å². The number of nitrogens with two attached hydrogens (primary N) is 2. The van der Waals surface area contributed by atoms with E-state index >= 15 is 0 Å². The summed E-state index contributed by atoms with van der Waals surface area (Å²) in [5.41, 5.74) is 11.5. The number of thiazole rings is 1. The van der Waals surface area contributed by atoms with E-state index in [4.69, 9.17) is 21.4 Å². The lowest BCUT2D eigenvalue weighted by molar-refractivity contribution is -0.150. The summed E-state index contributed by atoms with van der Waals surface area (Å²) in [5, 5.41) is 26.0. The van der Waals surface area contributed by atoms with Gasteiger partial charge in [-0.15, -0.1) is 23.1 Å². The Bertz CT molecular complexity index is 1060. The molecule has 3 atom stereocenters. The van der Waals surface area contributed by atoms with E-state index in [1.54, 1.807) is 0 Å². The molecule has 0 saturated carbocycles. The molecule has 2 amide bonds. The molecule has 1 fully saturated rings. The van der Waals surface area contributed by atoms with Crippen LogP contribution in [0.15, 0.2) is 21.8 Å². The molecule has 7 N–H and O–H groups in total. The molecule has 3 rings (SSSR count). The predicted molar refractivity (Wildman–Crippen MR) is 130 cm³/mol. The van der Waals surface area contributed by atoms with E-state index in [1.165, 1.54) is 45.8 Å². The second-order valence-corrected chi connectivity index (χ2v) is 11.3. The van der Waals surface area contributed by atoms with E-state index in [0.717, 1.165) is 16.2 Å². The van der Waals surface area contributed by atoms with Crippen LogP contribution < -0.4 is 16.8 Å². The highest BCUT2D eigenvalue weighted by Gasteiger charge is 2.54. The van der Waals surface area contributed by atoms with Crippen LogP contribution in [-0.2, 0) is 24.0 Å². The molecule has 3 heterocycles. The SMILES string of the molecule is CO/N=C(\C(=O)N[C@@H]1C(=O)N2C(C(=O)O)=C(CSSC[C@H](N)C(=O)O)CS[C@@H]12)c1csc(N)n1. The molecule has 34 heavy (non-hydrogen) atoms. The minimum Gasteiger partial charge on any atom is -0.480 e. The van der Waals surface area contributed by atoms with Gasteiger partial charge in [-0.3, -0.25) is 19.3 Å². The topological polar surface area (TPSA) is 211 Å². The van der Waals surface area contributed by atoms with E-state index in [2.05, 4.69) is 15.5 Å². The molecule has 0 aromatic carbocycles. The fourth-order valence-corrected chi connectivity index (χ4v) is 7.28. The number of hydrogen-bond donors (Lipinski definition) is 5. The number of thioether (sulfide) groups is 1. The van der Waals surface area contributed by atoms with Crippen molar-refractivity contribution in [2.45, 2.75) is 17.5 Å². The fraction of sp³-hybridized carbons (Fsp3) is 0.412. The average Bonchev–Trinajstić information content (AvgIpc) is 3.23. The summed E-state index contributed by atoms with van der Waals surface area (Å²) in [6.45, 7) is 0. The Balaban J connectivity index is 1.67. The molecule has 13 nitrogen and oxygen atoms in total. The summed E-state index contributed by atoms with van der Waals surface area (Å²) in [6, 6.07) is -1.98. The number of oxime groups is 1. The largest absolute Gasteiger partial charge is 0.480 e. The number of aromatic nitrogens is 1. The van der Waals surface area contributed by atoms with Gasteiger partial charge in [-0.2, -0.15) is 0 Å². The monoisotopic (exact) mass is 548 g/mol. The third-order valence-corrected chi connectivity index (χ3v) is 8.98. The lowest BCUT2D eigenvalue weighted by Gasteiger charge is -2.49. The highest BCUT2D eigenvalue weighted by Crippen LogP contribution is 2.42. The number of nitrogens with zero attached hydrogens (tertiary/aromatic N) is 3. The molecule has 0 radical (unpaired) electrons. The lowest BCUT2D eigenvalue weighted by atomic mass is 10.0. The maximum Gasteiger partial charge on any atom is 0.352 e. The molecule has 184 valence electrons. The average molecular weight is 549 g/mol. The molecule has 0 unspecified atom stereocenters. The first kappa shape index (κ1) is 26.1. The van der Waals surface area contributed by atoms with Crippen molar-refractivity contribution in [1.82, 2.24) is 15.2 Å². The lowest BCUT2D eigenvalue weighted by Crippen LogP contribution is -2.71. The number of amides is 2. The molecule has 2 aliphatic rings. The van der Waals surface area contributed by atoms with Gasteiger partial charge in [0.05, 0.1) is 0 Å². The van der Waals surface area contributed by atoms with Crippen molar-refractivity contribution >= 4 is 79.3 Å². The van der Waals surface area contributed by atoms with Crippen molar-refractivity contribution in [3.63, 3.8) is 0 Å². The summed E-state index contributed by atoms with van der Waals surface area (Å²) in [7, 11) is 3.73. The van der Waals surface area contributed by atoms with E-state index in [-0.39, 0.29) is 33.7 Å². The standard InChI is InChI=1S/C17H20N6O7S4/c1-30-22-9(8-5-32-17(19)20-8)12(24)21-10-13(25)23-11(16(28)29)6(2-31-14(10)23)3-33-34-4-7(18)15(26)27/h5,7,10,14H,2-4,18H2,1H3,(H2,19,20)(H,21,24)(H,26,27)(H,28,29)/b22-9-/t7-,10+,14-/m0/s1. The van der Waals surface area contributed by atoms with Crippen molar-refractivity contribution < 1.29 is 34.2 Å². The second-order valence-electron chi connectivity index (χ2n) is 6.80. The van der Waals surface area contributed by atoms with Crippen molar-refractivity contribution in [3.05, 3.63) is 22.3 Å². The van der Waals surface area contributed by atoms with Crippen LogP contribution in [0, 0.1) is 0 Å². The van der Waals surface area contributed by atoms with E-state index in [9.17, 15) is 24.3 Å². The number of carboxylic acids is 2. The van der Waals surface area contributed by atoms with Crippen molar-refractivity contribution in [3.8, 4) is 0 Å². The van der Waals surface area contributed by atoms with E-state index in [0.29, 0.717) is 11.3 Å². The number of nitrogen functional groups attached to an aromatic ring is 1. The molecular formula is C17H20N6O7S4. The van der Waals surface area contributed by atoms with Gasteiger partial charge in [0.2, 0.25) is 0 Å². The van der Waals surface area contributed by atoms with Gasteiger partial charge >= 0.3 is 11.9 Å². The fourth-order valence-electron chi connectivity index (χ4n) is 3.00. The summed E-state index contributed by atoms with van der Waals surface area (Å²) < 4.78 is 0. The molecule has 1 aromatic heterocycles. The van der Waals surface area contributed by atoms with Crippen LogP contribution in [0.3, 0.4) is 0 Å². The van der Waals surface area contributed by atoms with E-state index in [1.807, 2.05) is 0 Å². The summed E-state index contributed by atoms with van der Waals surface area (Å²) in [5.74, 6) is -2.91. The number of nitrogens with one attached hydrogen (secondary N) is 1. The molecule has 0 aliphatic carbocycles. The quantitative estimate of drug-likeness (QED) is 0.0785. The van der Waals surface area contributed by atoms with Gasteiger partial charge in [-0.25, -0.2) is 9.78 Å². The minimum atomic E-state index is -1.26. The normalized spacial score (nSPS) is 20.9. The molecule has 0 bridgehead atoms. The molecule has 17 heteroatoms. The zero-order chi connectivity index (χ0) is 25.0. The minimum absolute atomic E-state index is 0.132. The summed E-state index contributed by atoms with van der Waals surface area (Å²) >= 11 is 2.42. The van der Waals surface area contributed by atoms with Gasteiger partial charge in [0.25, 0.3) is 11.8 Å². The van der Waals surface area contributed by atoms with Crippen molar-refractivity contribution in [2.75, 3.05) is 30.1 Å². The van der Waals surface area contributed by atoms with Crippen molar-refractivity contribution in [2.24, 2.45) is 10.9 Å². The van der Waals surface area contributed by atoms with Crippen LogP contribution in [0.4, 0.5) is 5.13 Å². The Morgan fingerprint density at radius 2 is 2.15 bits per heavy atom. The molecule has 1 saturated heterocycles. The maximum atomic E-state index is 12.8. The number of carbonyl (C=O) groups excluding carboxylic acids is 2. The van der Waals surface area contributed by atoms with Crippen LogP contribution in [0.5, 0.6) is 0 Å². The van der Waals surface area contributed by atoms with Gasteiger partial charge in [0.15, 0.2) is 10.8 Å². The zero-order valence-electron chi connectivity index (χ0n) is 17.5. The maximum absolute atomic E-state index is 12.8. The zero-order valence-corrected chi connectivity index (χ0v) is 20.8. The number of fused-ring (bicyclic) bond motifs is 1. The third-order valence-electron chi connectivity index (χ3n) is 4.58. The number of carbonyl (C=O) groups is 4. The third kappa shape index (κ3) is 5.60. The number of hydrogen-bond acceptors (Lipinski definition) is 13. The summed E-state index contributed by atoms with van der Waals surface area (Å²) in [4.78, 5) is 58.1. The van der Waals surface area contributed by atoms with Gasteiger partial charge in [0, 0.05) is 22.6 Å². The second kappa shape index (κ2) is 11.3. The van der Waals surface area contributed by atoms with Crippen LogP contribution >= 0.6 is 44.7 Å².